The smallest absolute Gasteiger partial charge is 0.350 e. The van der Waals surface area contributed by atoms with Crippen molar-refractivity contribution in [1.29, 1.82) is 0 Å². The molecule has 0 aliphatic heterocycles. The largest absolute Gasteiger partial charge is 0.398 e. The van der Waals surface area contributed by atoms with Crippen LogP contribution in [0.1, 0.15) is 21.7 Å². The van der Waals surface area contributed by atoms with Crippen molar-refractivity contribution in [1.82, 2.24) is 14.3 Å². The molecule has 0 saturated heterocycles. The summed E-state index contributed by atoms with van der Waals surface area (Å²) in [4.78, 5) is 40.5. The van der Waals surface area contributed by atoms with E-state index in [-0.39, 0.29) is 11.4 Å². The monoisotopic (exact) mass is 499 g/mol. The summed E-state index contributed by atoms with van der Waals surface area (Å²) in [5.41, 5.74) is 14.9. The highest BCUT2D eigenvalue weighted by atomic mass is 16.2. The third-order valence-corrected chi connectivity index (χ3v) is 5.57. The van der Waals surface area contributed by atoms with E-state index in [1.54, 1.807) is 50.4 Å². The van der Waals surface area contributed by atoms with E-state index in [1.165, 1.54) is 23.3 Å². The van der Waals surface area contributed by atoms with E-state index in [9.17, 15) is 14.4 Å². The molecule has 0 aliphatic rings. The van der Waals surface area contributed by atoms with Gasteiger partial charge in [-0.2, -0.15) is 5.10 Å². The lowest BCUT2D eigenvalue weighted by Crippen LogP contribution is -2.25. The highest BCUT2D eigenvalue weighted by molar-refractivity contribution is 6.49. The van der Waals surface area contributed by atoms with Gasteiger partial charge in [-0.15, -0.1) is 0 Å². The predicted octanol–water partition coefficient (Wildman–Crippen LogP) is 2.57. The van der Waals surface area contributed by atoms with Crippen LogP contribution in [0.25, 0.3) is 16.8 Å². The molecule has 37 heavy (non-hydrogen) atoms. The Morgan fingerprint density at radius 3 is 2.30 bits per heavy atom. The summed E-state index contributed by atoms with van der Waals surface area (Å²) < 4.78 is 2.82. The molecule has 0 spiro atoms. The van der Waals surface area contributed by atoms with Crippen molar-refractivity contribution < 1.29 is 9.59 Å². The molecular formula is C27H29N7O3. The Morgan fingerprint density at radius 2 is 1.70 bits per heavy atom. The van der Waals surface area contributed by atoms with E-state index in [4.69, 9.17) is 5.73 Å². The standard InChI is InChI=1S/C26H24N6O3.CH5N/c1-16-30-31(3)26(35)32(16)21-10-7-18(8-11-21)19-9-12-23(27)22(14-19)24(28-2)25(34)29-20-6-4-5-17(13-20)15-33;1-2/h4-15H,27H2,1-3H3,(H,29,34);2H2,1H3. The van der Waals surface area contributed by atoms with Crippen LogP contribution >= 0.6 is 0 Å². The summed E-state index contributed by atoms with van der Waals surface area (Å²) in [7, 11) is 4.63. The highest BCUT2D eigenvalue weighted by Gasteiger charge is 2.18. The molecule has 0 radical (unpaired) electrons. The highest BCUT2D eigenvalue weighted by Crippen LogP contribution is 2.26. The minimum absolute atomic E-state index is 0.162. The van der Waals surface area contributed by atoms with E-state index in [2.05, 4.69) is 21.1 Å². The van der Waals surface area contributed by atoms with Crippen LogP contribution in [0.15, 0.2) is 76.5 Å². The second-order valence-corrected chi connectivity index (χ2v) is 7.91. The molecule has 1 heterocycles. The molecule has 1 amide bonds. The summed E-state index contributed by atoms with van der Waals surface area (Å²) in [5.74, 6) is 0.148. The lowest BCUT2D eigenvalue weighted by Gasteiger charge is -2.13. The first-order valence-corrected chi connectivity index (χ1v) is 11.4. The number of hydrogen-bond donors (Lipinski definition) is 3. The van der Waals surface area contributed by atoms with Crippen molar-refractivity contribution >= 4 is 29.3 Å². The van der Waals surface area contributed by atoms with Crippen LogP contribution in [-0.4, -0.2) is 46.3 Å². The predicted molar refractivity (Wildman–Crippen MR) is 146 cm³/mol. The van der Waals surface area contributed by atoms with Crippen molar-refractivity contribution in [2.45, 2.75) is 6.92 Å². The Hall–Kier alpha value is -4.83. The van der Waals surface area contributed by atoms with Gasteiger partial charge in [0.1, 0.15) is 17.8 Å². The number of nitrogens with two attached hydrogens (primary N) is 2. The van der Waals surface area contributed by atoms with E-state index in [0.29, 0.717) is 40.3 Å². The van der Waals surface area contributed by atoms with Gasteiger partial charge in [0.05, 0.1) is 5.69 Å². The summed E-state index contributed by atoms with van der Waals surface area (Å²) in [6, 6.07) is 19.4. The quantitative estimate of drug-likeness (QED) is 0.211. The molecule has 0 fully saturated rings. The Balaban J connectivity index is 0.00000186. The van der Waals surface area contributed by atoms with Crippen molar-refractivity contribution in [3.8, 4) is 16.8 Å². The molecule has 10 nitrogen and oxygen atoms in total. The zero-order chi connectivity index (χ0) is 27.1. The van der Waals surface area contributed by atoms with Crippen LogP contribution in [0.2, 0.25) is 0 Å². The minimum atomic E-state index is -0.443. The number of amides is 1. The molecular weight excluding hydrogens is 470 g/mol. The number of anilines is 2. The number of carbonyl (C=O) groups is 2. The Kier molecular flexibility index (Phi) is 8.49. The average Bonchev–Trinajstić information content (AvgIpc) is 3.17. The molecule has 3 aromatic carbocycles. The second kappa shape index (κ2) is 11.7. The fourth-order valence-electron chi connectivity index (χ4n) is 3.85. The van der Waals surface area contributed by atoms with Gasteiger partial charge in [-0.3, -0.25) is 14.6 Å². The van der Waals surface area contributed by atoms with Crippen molar-refractivity contribution in [2.24, 2.45) is 17.8 Å². The van der Waals surface area contributed by atoms with Crippen molar-refractivity contribution in [3.05, 3.63) is 94.2 Å². The first kappa shape index (κ1) is 26.8. The molecule has 5 N–H and O–H groups in total. The minimum Gasteiger partial charge on any atom is -0.398 e. The number of aliphatic imine (C=N–C) groups is 1. The van der Waals surface area contributed by atoms with Gasteiger partial charge in [-0.1, -0.05) is 30.3 Å². The lowest BCUT2D eigenvalue weighted by atomic mass is 9.98. The molecule has 0 unspecified atom stereocenters. The Bertz CT molecular complexity index is 1520. The number of aryl methyl sites for hydroxylation is 2. The van der Waals surface area contributed by atoms with Gasteiger partial charge >= 0.3 is 5.69 Å². The molecule has 10 heteroatoms. The molecule has 190 valence electrons. The molecule has 1 aromatic heterocycles. The second-order valence-electron chi connectivity index (χ2n) is 7.91. The molecule has 4 aromatic rings. The Labute approximate surface area is 214 Å². The molecule has 4 rings (SSSR count). The number of hydrogen-bond acceptors (Lipinski definition) is 7. The van der Waals surface area contributed by atoms with E-state index >= 15 is 0 Å². The number of benzene rings is 3. The number of carbonyl (C=O) groups excluding carboxylic acids is 2. The van der Waals surface area contributed by atoms with E-state index in [1.807, 2.05) is 30.3 Å². The van der Waals surface area contributed by atoms with Crippen molar-refractivity contribution in [3.63, 3.8) is 0 Å². The summed E-state index contributed by atoms with van der Waals surface area (Å²) in [6.07, 6.45) is 0.712. The normalized spacial score (nSPS) is 10.9. The maximum Gasteiger partial charge on any atom is 0.350 e. The van der Waals surface area contributed by atoms with Gasteiger partial charge in [-0.05, 0) is 61.5 Å². The Morgan fingerprint density at radius 1 is 1.03 bits per heavy atom. The van der Waals surface area contributed by atoms with Crippen LogP contribution in [0.4, 0.5) is 11.4 Å². The summed E-state index contributed by atoms with van der Waals surface area (Å²) in [6.45, 7) is 1.77. The average molecular weight is 500 g/mol. The number of rotatable bonds is 6. The summed E-state index contributed by atoms with van der Waals surface area (Å²) in [5, 5.41) is 6.93. The number of aldehydes is 1. The van der Waals surface area contributed by atoms with Crippen LogP contribution in [0.5, 0.6) is 0 Å². The topological polar surface area (TPSA) is 150 Å². The zero-order valence-electron chi connectivity index (χ0n) is 21.1. The van der Waals surface area contributed by atoms with Crippen molar-refractivity contribution in [2.75, 3.05) is 25.1 Å². The first-order chi connectivity index (χ1) is 17.8. The fourth-order valence-corrected chi connectivity index (χ4v) is 3.85. The fraction of sp³-hybridized carbons (Fsp3) is 0.148. The third-order valence-electron chi connectivity index (χ3n) is 5.57. The lowest BCUT2D eigenvalue weighted by molar-refractivity contribution is -0.110. The maximum absolute atomic E-state index is 13.0. The zero-order valence-corrected chi connectivity index (χ0v) is 21.1. The summed E-state index contributed by atoms with van der Waals surface area (Å²) >= 11 is 0. The number of nitrogen functional groups attached to an aromatic ring is 1. The number of aromatic nitrogens is 3. The van der Waals surface area contributed by atoms with E-state index in [0.717, 1.165) is 11.1 Å². The molecule has 0 bridgehead atoms. The molecule has 0 aliphatic carbocycles. The van der Waals surface area contributed by atoms with Gasteiger partial charge in [0.2, 0.25) is 0 Å². The van der Waals surface area contributed by atoms with Gasteiger partial charge in [-0.25, -0.2) is 14.0 Å². The molecule has 0 saturated carbocycles. The maximum atomic E-state index is 13.0. The molecule has 0 atom stereocenters. The van der Waals surface area contributed by atoms with Gasteiger partial charge in [0, 0.05) is 36.6 Å². The van der Waals surface area contributed by atoms with E-state index < -0.39 is 5.91 Å². The van der Waals surface area contributed by atoms with Crippen LogP contribution in [0.3, 0.4) is 0 Å². The SMILES string of the molecule is CN.CN=C(C(=O)Nc1cccc(C=O)c1)c1cc(-c2ccc(-n3c(C)nn(C)c3=O)cc2)ccc1N. The van der Waals surface area contributed by atoms with Crippen LogP contribution in [0, 0.1) is 6.92 Å². The van der Waals surface area contributed by atoms with Gasteiger partial charge in [0.15, 0.2) is 0 Å². The number of nitrogens with one attached hydrogen (secondary N) is 1. The van der Waals surface area contributed by atoms with Crippen LogP contribution in [-0.2, 0) is 11.8 Å². The van der Waals surface area contributed by atoms with Gasteiger partial charge in [0.25, 0.3) is 5.91 Å². The first-order valence-electron chi connectivity index (χ1n) is 11.4. The van der Waals surface area contributed by atoms with Gasteiger partial charge < -0.3 is 16.8 Å². The van der Waals surface area contributed by atoms with Crippen LogP contribution < -0.4 is 22.5 Å². The third kappa shape index (κ3) is 5.71. The number of nitrogens with zero attached hydrogens (tertiary/aromatic N) is 4.